The van der Waals surface area contributed by atoms with Crippen molar-refractivity contribution in [1.82, 2.24) is 5.06 Å². The Balaban J connectivity index is 1.91. The molecule has 0 saturated heterocycles. The lowest BCUT2D eigenvalue weighted by Crippen LogP contribution is -2.41. The number of fused-ring (bicyclic) bond motifs is 1. The number of amides is 1. The molecule has 0 spiro atoms. The predicted octanol–water partition coefficient (Wildman–Crippen LogP) is 3.56. The van der Waals surface area contributed by atoms with Crippen molar-refractivity contribution in [3.8, 4) is 0 Å². The quantitative estimate of drug-likeness (QED) is 0.805. The van der Waals surface area contributed by atoms with Crippen molar-refractivity contribution in [2.75, 3.05) is 19.4 Å². The van der Waals surface area contributed by atoms with E-state index in [0.717, 1.165) is 11.1 Å². The van der Waals surface area contributed by atoms with Crippen LogP contribution >= 0.6 is 0 Å². The van der Waals surface area contributed by atoms with Crippen molar-refractivity contribution < 1.29 is 18.0 Å². The third kappa shape index (κ3) is 3.92. The summed E-state index contributed by atoms with van der Waals surface area (Å²) in [4.78, 5) is 17.9. The van der Waals surface area contributed by atoms with Crippen LogP contribution in [0.4, 0.5) is 0 Å². The highest BCUT2D eigenvalue weighted by Gasteiger charge is 2.34. The molecule has 0 radical (unpaired) electrons. The lowest BCUT2D eigenvalue weighted by molar-refractivity contribution is -0.100. The van der Waals surface area contributed by atoms with Crippen molar-refractivity contribution >= 4 is 15.7 Å². The van der Waals surface area contributed by atoms with Gasteiger partial charge in [-0.05, 0) is 34.7 Å². The second-order valence-electron chi connectivity index (χ2n) is 7.89. The van der Waals surface area contributed by atoms with Gasteiger partial charge < -0.3 is 0 Å². The lowest BCUT2D eigenvalue weighted by atomic mass is 9.87. The Morgan fingerprint density at radius 2 is 1.70 bits per heavy atom. The minimum atomic E-state index is -3.51. The first-order valence-electron chi connectivity index (χ1n) is 8.91. The van der Waals surface area contributed by atoms with Gasteiger partial charge in [0.15, 0.2) is 9.84 Å². The van der Waals surface area contributed by atoms with Crippen LogP contribution < -0.4 is 0 Å². The number of sulfone groups is 1. The van der Waals surface area contributed by atoms with Crippen molar-refractivity contribution in [3.63, 3.8) is 0 Å². The molecule has 1 aliphatic heterocycles. The molecule has 1 unspecified atom stereocenters. The van der Waals surface area contributed by atoms with Gasteiger partial charge in [0.05, 0.1) is 24.3 Å². The largest absolute Gasteiger partial charge is 0.277 e. The maximum absolute atomic E-state index is 13.0. The van der Waals surface area contributed by atoms with Gasteiger partial charge in [0.25, 0.3) is 5.91 Å². The molecular formula is C21H25NO4S. The fraction of sp³-hybridized carbons (Fsp3) is 0.381. The Kier molecular flexibility index (Phi) is 5.14. The zero-order valence-corrected chi connectivity index (χ0v) is 16.9. The van der Waals surface area contributed by atoms with Crippen LogP contribution in [0.25, 0.3) is 0 Å². The normalized spacial score (nSPS) is 17.7. The molecule has 27 heavy (non-hydrogen) atoms. The van der Waals surface area contributed by atoms with E-state index in [1.807, 2.05) is 24.3 Å². The molecule has 1 atom stereocenters. The molecule has 1 heterocycles. The third-order valence-electron chi connectivity index (χ3n) is 4.96. The smallest absolute Gasteiger partial charge is 0.274 e. The fourth-order valence-corrected chi connectivity index (χ4v) is 4.94. The first-order chi connectivity index (χ1) is 12.6. The summed E-state index contributed by atoms with van der Waals surface area (Å²) in [5.41, 5.74) is 2.30. The lowest BCUT2D eigenvalue weighted by Gasteiger charge is -2.32. The van der Waals surface area contributed by atoms with Crippen LogP contribution in [0, 0.1) is 0 Å². The van der Waals surface area contributed by atoms with E-state index in [-0.39, 0.29) is 29.5 Å². The number of benzene rings is 2. The molecule has 3 rings (SSSR count). The molecule has 144 valence electrons. The Bertz CT molecular complexity index is 943. The minimum absolute atomic E-state index is 0.0378. The van der Waals surface area contributed by atoms with Gasteiger partial charge >= 0.3 is 0 Å². The predicted molar refractivity (Wildman–Crippen MR) is 104 cm³/mol. The number of nitrogens with zero attached hydrogens (tertiary/aromatic N) is 1. The zero-order valence-electron chi connectivity index (χ0n) is 16.1. The third-order valence-corrected chi connectivity index (χ3v) is 6.80. The Morgan fingerprint density at radius 1 is 1.07 bits per heavy atom. The van der Waals surface area contributed by atoms with Gasteiger partial charge in [-0.25, -0.2) is 13.5 Å². The molecule has 0 aromatic heterocycles. The van der Waals surface area contributed by atoms with Crippen LogP contribution in [0.5, 0.6) is 0 Å². The van der Waals surface area contributed by atoms with Gasteiger partial charge in [-0.15, -0.1) is 0 Å². The molecule has 2 aromatic rings. The summed E-state index contributed by atoms with van der Waals surface area (Å²) < 4.78 is 26.0. The average molecular weight is 388 g/mol. The van der Waals surface area contributed by atoms with E-state index in [1.54, 1.807) is 24.3 Å². The van der Waals surface area contributed by atoms with E-state index >= 15 is 0 Å². The number of carbonyl (C=O) groups is 1. The number of rotatable bonds is 4. The van der Waals surface area contributed by atoms with Gasteiger partial charge in [-0.3, -0.25) is 9.63 Å². The summed E-state index contributed by atoms with van der Waals surface area (Å²) >= 11 is 0. The SMILES string of the molecule is CON1CC(CS(=O)(=O)c2ccc(C(C)(C)C)cc2)c2ccccc2C1=O. The average Bonchev–Trinajstić information content (AvgIpc) is 2.63. The first-order valence-corrected chi connectivity index (χ1v) is 10.6. The van der Waals surface area contributed by atoms with Crippen LogP contribution in [0.2, 0.25) is 0 Å². The van der Waals surface area contributed by atoms with Gasteiger partial charge in [-0.2, -0.15) is 0 Å². The maximum Gasteiger partial charge on any atom is 0.277 e. The molecular weight excluding hydrogens is 362 g/mol. The molecule has 0 fully saturated rings. The Morgan fingerprint density at radius 3 is 2.30 bits per heavy atom. The summed E-state index contributed by atoms with van der Waals surface area (Å²) in [6, 6.07) is 14.2. The standard InChI is InChI=1S/C21H25NO4S/c1-21(2,3)16-9-11-17(12-10-16)27(24,25)14-15-13-22(26-4)20(23)19-8-6-5-7-18(15)19/h5-12,15H,13-14H2,1-4H3. The van der Waals surface area contributed by atoms with Crippen LogP contribution in [0.1, 0.15) is 48.2 Å². The van der Waals surface area contributed by atoms with E-state index in [1.165, 1.54) is 12.2 Å². The molecule has 0 aliphatic carbocycles. The molecule has 0 N–H and O–H groups in total. The summed E-state index contributed by atoms with van der Waals surface area (Å²) in [6.45, 7) is 6.48. The first kappa shape index (κ1) is 19.6. The molecule has 5 nitrogen and oxygen atoms in total. The number of carbonyl (C=O) groups excluding carboxylic acids is 1. The highest BCUT2D eigenvalue weighted by Crippen LogP contribution is 2.31. The summed E-state index contributed by atoms with van der Waals surface area (Å²) in [5, 5.41) is 1.23. The van der Waals surface area contributed by atoms with E-state index in [2.05, 4.69) is 20.8 Å². The number of hydrogen-bond donors (Lipinski definition) is 0. The highest BCUT2D eigenvalue weighted by atomic mass is 32.2. The van der Waals surface area contributed by atoms with Gasteiger partial charge in [0.1, 0.15) is 0 Å². The second-order valence-corrected chi connectivity index (χ2v) is 9.92. The van der Waals surface area contributed by atoms with Crippen molar-refractivity contribution in [3.05, 3.63) is 65.2 Å². The van der Waals surface area contributed by atoms with Crippen LogP contribution in [0.15, 0.2) is 53.4 Å². The zero-order chi connectivity index (χ0) is 19.8. The van der Waals surface area contributed by atoms with Crippen LogP contribution in [-0.2, 0) is 20.1 Å². The van der Waals surface area contributed by atoms with Gasteiger partial charge in [0.2, 0.25) is 0 Å². The molecule has 6 heteroatoms. The molecule has 2 aromatic carbocycles. The minimum Gasteiger partial charge on any atom is -0.274 e. The summed E-state index contributed by atoms with van der Waals surface area (Å²) in [7, 11) is -2.09. The van der Waals surface area contributed by atoms with Crippen molar-refractivity contribution in [1.29, 1.82) is 0 Å². The second kappa shape index (κ2) is 7.09. The fourth-order valence-electron chi connectivity index (χ4n) is 3.39. The van der Waals surface area contributed by atoms with Gasteiger partial charge in [0, 0.05) is 11.5 Å². The van der Waals surface area contributed by atoms with Crippen LogP contribution in [0.3, 0.4) is 0 Å². The summed E-state index contributed by atoms with van der Waals surface area (Å²) in [6.07, 6.45) is 0. The number of hydroxylamine groups is 2. The molecule has 0 bridgehead atoms. The van der Waals surface area contributed by atoms with E-state index in [0.29, 0.717) is 10.5 Å². The van der Waals surface area contributed by atoms with Crippen molar-refractivity contribution in [2.45, 2.75) is 37.0 Å². The highest BCUT2D eigenvalue weighted by molar-refractivity contribution is 7.91. The monoisotopic (exact) mass is 387 g/mol. The summed E-state index contributed by atoms with van der Waals surface area (Å²) in [5.74, 6) is -0.658. The number of hydrogen-bond acceptors (Lipinski definition) is 4. The Hall–Kier alpha value is -2.18. The topological polar surface area (TPSA) is 63.7 Å². The van der Waals surface area contributed by atoms with E-state index < -0.39 is 9.84 Å². The van der Waals surface area contributed by atoms with Gasteiger partial charge in [-0.1, -0.05) is 51.1 Å². The molecule has 1 amide bonds. The van der Waals surface area contributed by atoms with Crippen molar-refractivity contribution in [2.24, 2.45) is 0 Å². The Labute approximate surface area is 160 Å². The van der Waals surface area contributed by atoms with E-state index in [4.69, 9.17) is 4.84 Å². The van der Waals surface area contributed by atoms with Crippen LogP contribution in [-0.4, -0.2) is 38.8 Å². The molecule has 0 saturated carbocycles. The maximum atomic E-state index is 13.0. The van der Waals surface area contributed by atoms with E-state index in [9.17, 15) is 13.2 Å². The molecule has 1 aliphatic rings.